The van der Waals surface area contributed by atoms with E-state index in [-0.39, 0.29) is 34.5 Å². The Kier molecular flexibility index (Phi) is 17.9. The minimum atomic E-state index is -1.43. The summed E-state index contributed by atoms with van der Waals surface area (Å²) in [6.07, 6.45) is -1.22. The number of thiazole rings is 1. The number of amides is 4. The summed E-state index contributed by atoms with van der Waals surface area (Å²) in [5.74, 6) is -2.15. The van der Waals surface area contributed by atoms with Crippen LogP contribution in [0.5, 0.6) is 0 Å². The third kappa shape index (κ3) is 13.7. The van der Waals surface area contributed by atoms with Gasteiger partial charge in [0, 0.05) is 39.3 Å². The lowest BCUT2D eigenvalue weighted by atomic mass is 9.80. The van der Waals surface area contributed by atoms with Crippen LogP contribution in [0.4, 0.5) is 14.7 Å². The molecule has 20 heteroatoms. The van der Waals surface area contributed by atoms with Gasteiger partial charge in [0.1, 0.15) is 34.0 Å². The lowest BCUT2D eigenvalue weighted by molar-refractivity contribution is -0.154. The predicted octanol–water partition coefficient (Wildman–Crippen LogP) is 10.7. The highest BCUT2D eigenvalue weighted by Gasteiger charge is 2.55. The van der Waals surface area contributed by atoms with Crippen LogP contribution in [-0.4, -0.2) is 91.9 Å². The molecule has 1 unspecified atom stereocenters. The molecular formula is C58H57N7O10S3. The van der Waals surface area contributed by atoms with Gasteiger partial charge in [-0.25, -0.2) is 19.4 Å². The van der Waals surface area contributed by atoms with Crippen molar-refractivity contribution in [3.05, 3.63) is 212 Å². The molecule has 402 valence electrons. The number of alkyl carbamates (subject to hydrolysis) is 1. The first-order chi connectivity index (χ1) is 37.4. The van der Waals surface area contributed by atoms with Gasteiger partial charge in [-0.2, -0.15) is 0 Å². The summed E-state index contributed by atoms with van der Waals surface area (Å²) in [6.45, 7) is 10.2. The summed E-state index contributed by atoms with van der Waals surface area (Å²) in [4.78, 5) is 83.3. The molecule has 0 spiro atoms. The Morgan fingerprint density at radius 2 is 1.28 bits per heavy atom. The van der Waals surface area contributed by atoms with Crippen LogP contribution >= 0.6 is 34.9 Å². The summed E-state index contributed by atoms with van der Waals surface area (Å²) < 4.78 is 17.2. The first kappa shape index (κ1) is 56.0. The van der Waals surface area contributed by atoms with Gasteiger partial charge >= 0.3 is 18.2 Å². The number of esters is 1. The van der Waals surface area contributed by atoms with Crippen molar-refractivity contribution in [1.29, 1.82) is 0 Å². The van der Waals surface area contributed by atoms with Crippen LogP contribution in [0.25, 0.3) is 0 Å². The first-order valence-electron chi connectivity index (χ1n) is 24.6. The van der Waals surface area contributed by atoms with E-state index in [2.05, 4.69) is 31.2 Å². The van der Waals surface area contributed by atoms with Crippen molar-refractivity contribution in [2.45, 2.75) is 75.9 Å². The van der Waals surface area contributed by atoms with Crippen LogP contribution in [0, 0.1) is 0 Å². The molecule has 2 atom stereocenters. The molecule has 17 nitrogen and oxygen atoms in total. The molecule has 0 bridgehead atoms. The third-order valence-electron chi connectivity index (χ3n) is 11.6. The molecule has 3 heterocycles. The number of thioether (sulfide) groups is 2. The number of anilines is 1. The zero-order valence-corrected chi connectivity index (χ0v) is 45.9. The van der Waals surface area contributed by atoms with E-state index in [9.17, 15) is 24.4 Å². The van der Waals surface area contributed by atoms with Crippen molar-refractivity contribution in [2.24, 2.45) is 10.3 Å². The maximum atomic E-state index is 15.0. The van der Waals surface area contributed by atoms with Crippen LogP contribution in [0.2, 0.25) is 0 Å². The zero-order chi connectivity index (χ0) is 55.5. The molecule has 4 amide bonds. The standard InChI is InChI=1S/C58H57N7O10S3/c1-56(2,3)73-54(69)59-32-37(33-60-71)34-76-44-36-77-51-46(50(67)65(51)47(44)52(68)72-48(38-22-12-7-13-23-38)39-24-14-8-15-25-39)62-49(66)45(43-35-78-53(61-43)63-55(70)74-57(4,5)6)64-75-58(40-26-16-9-17-27-40,41-28-18-10-19-29-41)42-30-20-11-21-31-42/h7-31,33-35,46,48,51,71H,32,36H2,1-6H3,(H,59,69)(H,62,66)(H,61,63,70)/b37-34-,60-33+,64-45-/t46?,51-/m1/s1. The van der Waals surface area contributed by atoms with Crippen molar-refractivity contribution in [3.63, 3.8) is 0 Å². The van der Waals surface area contributed by atoms with Gasteiger partial charge in [-0.05, 0) is 63.7 Å². The molecule has 2 aliphatic heterocycles. The number of ether oxygens (including phenoxy) is 3. The topological polar surface area (TPSA) is 219 Å². The van der Waals surface area contributed by atoms with Crippen molar-refractivity contribution < 1.29 is 48.2 Å². The number of hydrogen-bond donors (Lipinski definition) is 4. The number of carbonyl (C=O) groups is 5. The SMILES string of the molecule is CC(C)(C)OC(=O)NCC(=C/SC1=C(C(=O)OC(c2ccccc2)c2ccccc2)N2C(=O)C(NC(=O)/C(=N\OC(c3ccccc3)(c3ccccc3)c3ccccc3)c3csc(NC(=O)OC(C)(C)C)n3)[C@H]2SC1)/C=N/O. The fourth-order valence-corrected chi connectivity index (χ4v) is 11.4. The number of benzene rings is 5. The van der Waals surface area contributed by atoms with E-state index in [4.69, 9.17) is 19.0 Å². The van der Waals surface area contributed by atoms with Crippen LogP contribution in [-0.2, 0) is 39.0 Å². The van der Waals surface area contributed by atoms with E-state index >= 15 is 4.79 Å². The van der Waals surface area contributed by atoms with Crippen LogP contribution in [0.1, 0.15) is 81.2 Å². The molecule has 0 aliphatic carbocycles. The zero-order valence-electron chi connectivity index (χ0n) is 43.4. The highest BCUT2D eigenvalue weighted by atomic mass is 32.2. The lowest BCUT2D eigenvalue weighted by Crippen LogP contribution is -2.71. The van der Waals surface area contributed by atoms with Crippen molar-refractivity contribution in [1.82, 2.24) is 20.5 Å². The minimum absolute atomic E-state index is 0.0115. The maximum absolute atomic E-state index is 15.0. The molecule has 1 fully saturated rings. The van der Waals surface area contributed by atoms with E-state index in [0.717, 1.165) is 29.3 Å². The Hall–Kier alpha value is -8.20. The van der Waals surface area contributed by atoms with E-state index in [1.165, 1.54) is 22.0 Å². The lowest BCUT2D eigenvalue weighted by Gasteiger charge is -2.49. The number of hydrogen-bond acceptors (Lipinski definition) is 16. The van der Waals surface area contributed by atoms with Crippen LogP contribution < -0.4 is 16.0 Å². The number of rotatable bonds is 18. The second-order valence-electron chi connectivity index (χ2n) is 19.6. The third-order valence-corrected chi connectivity index (χ3v) is 14.9. The molecular weight excluding hydrogens is 1050 g/mol. The highest BCUT2D eigenvalue weighted by molar-refractivity contribution is 8.08. The highest BCUT2D eigenvalue weighted by Crippen LogP contribution is 2.46. The van der Waals surface area contributed by atoms with Crippen molar-refractivity contribution in [3.8, 4) is 0 Å². The Labute approximate surface area is 464 Å². The van der Waals surface area contributed by atoms with Gasteiger partial charge in [-0.1, -0.05) is 174 Å². The van der Waals surface area contributed by atoms with Gasteiger partial charge in [0.05, 0.1) is 6.21 Å². The molecule has 1 saturated heterocycles. The minimum Gasteiger partial charge on any atom is -0.448 e. The molecule has 6 aromatic rings. The van der Waals surface area contributed by atoms with E-state index in [1.54, 1.807) is 47.0 Å². The smallest absolute Gasteiger partial charge is 0.413 e. The number of nitrogens with zero attached hydrogens (tertiary/aromatic N) is 4. The largest absolute Gasteiger partial charge is 0.448 e. The first-order valence-corrected chi connectivity index (χ1v) is 27.4. The van der Waals surface area contributed by atoms with E-state index < -0.39 is 64.3 Å². The summed E-state index contributed by atoms with van der Waals surface area (Å²) in [6, 6.07) is 45.4. The molecule has 4 N–H and O–H groups in total. The summed E-state index contributed by atoms with van der Waals surface area (Å²) >= 11 is 3.38. The number of oxime groups is 2. The molecule has 78 heavy (non-hydrogen) atoms. The average molecular weight is 1110 g/mol. The molecule has 5 aromatic carbocycles. The van der Waals surface area contributed by atoms with Crippen LogP contribution in [0.3, 0.4) is 0 Å². The molecule has 2 aliphatic rings. The number of aromatic nitrogens is 1. The molecule has 0 saturated carbocycles. The second-order valence-corrected chi connectivity index (χ2v) is 22.6. The van der Waals surface area contributed by atoms with Gasteiger partial charge < -0.3 is 34.9 Å². The Bertz CT molecular complexity index is 3080. The van der Waals surface area contributed by atoms with E-state index in [1.807, 2.05) is 152 Å². The molecule has 0 radical (unpaired) electrons. The number of carbonyl (C=O) groups excluding carboxylic acids is 5. The Morgan fingerprint density at radius 1 is 0.769 bits per heavy atom. The van der Waals surface area contributed by atoms with Gasteiger partial charge in [0.25, 0.3) is 11.8 Å². The van der Waals surface area contributed by atoms with Gasteiger partial charge in [-0.3, -0.25) is 19.8 Å². The van der Waals surface area contributed by atoms with Gasteiger partial charge in [-0.15, -0.1) is 23.1 Å². The number of nitrogens with one attached hydrogen (secondary N) is 3. The van der Waals surface area contributed by atoms with E-state index in [0.29, 0.717) is 38.3 Å². The van der Waals surface area contributed by atoms with Crippen molar-refractivity contribution in [2.75, 3.05) is 17.6 Å². The quantitative estimate of drug-likeness (QED) is 0.0120. The Balaban J connectivity index is 1.16. The van der Waals surface area contributed by atoms with Crippen LogP contribution in [0.15, 0.2) is 189 Å². The number of fused-ring (bicyclic) bond motifs is 1. The fourth-order valence-electron chi connectivity index (χ4n) is 8.28. The molecule has 1 aromatic heterocycles. The predicted molar refractivity (Wildman–Crippen MR) is 302 cm³/mol. The van der Waals surface area contributed by atoms with Crippen molar-refractivity contribution >= 4 is 81.9 Å². The fraction of sp³-hybridized carbons (Fsp3) is 0.241. The van der Waals surface area contributed by atoms with Gasteiger partial charge in [0.2, 0.25) is 5.60 Å². The van der Waals surface area contributed by atoms with Gasteiger partial charge in [0.15, 0.2) is 16.9 Å². The summed E-state index contributed by atoms with van der Waals surface area (Å²) in [5, 5.41) is 27.9. The maximum Gasteiger partial charge on any atom is 0.413 e. The summed E-state index contributed by atoms with van der Waals surface area (Å²) in [7, 11) is 0. The average Bonchev–Trinajstić information content (AvgIpc) is 4.02. The monoisotopic (exact) mass is 1110 g/mol. The molecule has 8 rings (SSSR count). The summed E-state index contributed by atoms with van der Waals surface area (Å²) in [5.41, 5.74) is 0.358. The Morgan fingerprint density at radius 3 is 1.79 bits per heavy atom. The second kappa shape index (κ2) is 24.9. The normalized spacial score (nSPS) is 16.0. The number of β-lactam (4-membered cyclic amide) rings is 1.